The van der Waals surface area contributed by atoms with Gasteiger partial charge in [0.15, 0.2) is 0 Å². The predicted octanol–water partition coefficient (Wildman–Crippen LogP) is 3.54. The number of furan rings is 1. The molecular weight excluding hydrogens is 264 g/mol. The van der Waals surface area contributed by atoms with Crippen molar-refractivity contribution in [1.29, 1.82) is 0 Å². The van der Waals surface area contributed by atoms with E-state index >= 15 is 0 Å². The Bertz CT molecular complexity index is 703. The second-order valence-corrected chi connectivity index (χ2v) is 4.80. The van der Waals surface area contributed by atoms with Crippen LogP contribution >= 0.6 is 0 Å². The number of hydrogen-bond donors (Lipinski definition) is 1. The quantitative estimate of drug-likeness (QED) is 0.777. The van der Waals surface area contributed by atoms with Gasteiger partial charge in [-0.3, -0.25) is 4.98 Å². The van der Waals surface area contributed by atoms with Gasteiger partial charge in [0.2, 0.25) is 0 Å². The van der Waals surface area contributed by atoms with Crippen molar-refractivity contribution in [3.05, 3.63) is 60.1 Å². The molecular formula is C17H18N2O2. The molecule has 0 amide bonds. The zero-order valence-corrected chi connectivity index (χ0v) is 12.2. The molecule has 0 fully saturated rings. The number of ether oxygens (including phenoxy) is 1. The van der Waals surface area contributed by atoms with Gasteiger partial charge in [-0.25, -0.2) is 0 Å². The van der Waals surface area contributed by atoms with E-state index in [1.807, 2.05) is 50.5 Å². The highest BCUT2D eigenvalue weighted by atomic mass is 16.5. The molecule has 1 N–H and O–H groups in total. The molecule has 0 aliphatic rings. The van der Waals surface area contributed by atoms with Crippen molar-refractivity contribution in [2.24, 2.45) is 0 Å². The van der Waals surface area contributed by atoms with Crippen LogP contribution in [0.5, 0.6) is 5.75 Å². The summed E-state index contributed by atoms with van der Waals surface area (Å²) < 4.78 is 11.5. The van der Waals surface area contributed by atoms with Crippen LogP contribution in [0.1, 0.15) is 24.3 Å². The molecule has 4 heteroatoms. The van der Waals surface area contributed by atoms with Crippen LogP contribution in [0.2, 0.25) is 0 Å². The first-order chi connectivity index (χ1) is 10.3. The average Bonchev–Trinajstić information content (AvgIpc) is 2.92. The molecule has 1 aromatic carbocycles. The summed E-state index contributed by atoms with van der Waals surface area (Å²) in [6.45, 7) is 2.58. The molecule has 0 saturated heterocycles. The molecule has 1 unspecified atom stereocenters. The van der Waals surface area contributed by atoms with Crippen molar-refractivity contribution < 1.29 is 9.15 Å². The maximum Gasteiger partial charge on any atom is 0.137 e. The van der Waals surface area contributed by atoms with Crippen molar-refractivity contribution in [1.82, 2.24) is 10.3 Å². The monoisotopic (exact) mass is 282 g/mol. The Labute approximate surface area is 123 Å². The third-order valence-corrected chi connectivity index (χ3v) is 3.40. The van der Waals surface area contributed by atoms with Gasteiger partial charge in [0.05, 0.1) is 18.8 Å². The van der Waals surface area contributed by atoms with E-state index < -0.39 is 0 Å². The van der Waals surface area contributed by atoms with E-state index in [0.717, 1.165) is 28.0 Å². The van der Waals surface area contributed by atoms with Gasteiger partial charge in [0.1, 0.15) is 17.1 Å². The molecule has 4 nitrogen and oxygen atoms in total. The van der Waals surface area contributed by atoms with Crippen LogP contribution in [0.3, 0.4) is 0 Å². The third kappa shape index (κ3) is 2.76. The van der Waals surface area contributed by atoms with Crippen LogP contribution in [0.15, 0.2) is 53.2 Å². The van der Waals surface area contributed by atoms with E-state index in [1.54, 1.807) is 6.20 Å². The lowest BCUT2D eigenvalue weighted by Crippen LogP contribution is -2.17. The SMILES string of the molecule is CCOc1cncc(C(NC)c2cc3ccccc3o2)c1. The number of aromatic nitrogens is 1. The standard InChI is InChI=1S/C17H18N2O2/c1-3-20-14-8-13(10-19-11-14)17(18-2)16-9-12-6-4-5-7-15(12)21-16/h4-11,17-18H,3H2,1-2H3. The molecule has 0 aliphatic heterocycles. The Hall–Kier alpha value is -2.33. The van der Waals surface area contributed by atoms with Crippen molar-refractivity contribution in [2.75, 3.05) is 13.7 Å². The second kappa shape index (κ2) is 5.97. The second-order valence-electron chi connectivity index (χ2n) is 4.80. The van der Waals surface area contributed by atoms with E-state index in [-0.39, 0.29) is 6.04 Å². The van der Waals surface area contributed by atoms with Gasteiger partial charge in [0.25, 0.3) is 0 Å². The van der Waals surface area contributed by atoms with Crippen LogP contribution in [0.4, 0.5) is 0 Å². The first-order valence-electron chi connectivity index (χ1n) is 7.05. The minimum atomic E-state index is -0.0506. The molecule has 21 heavy (non-hydrogen) atoms. The van der Waals surface area contributed by atoms with E-state index in [9.17, 15) is 0 Å². The Morgan fingerprint density at radius 1 is 1.24 bits per heavy atom. The molecule has 2 heterocycles. The lowest BCUT2D eigenvalue weighted by Gasteiger charge is -2.14. The highest BCUT2D eigenvalue weighted by molar-refractivity contribution is 5.77. The van der Waals surface area contributed by atoms with Crippen LogP contribution in [-0.4, -0.2) is 18.6 Å². The molecule has 0 radical (unpaired) electrons. The number of nitrogens with zero attached hydrogens (tertiary/aromatic N) is 1. The number of benzene rings is 1. The van der Waals surface area contributed by atoms with E-state index in [4.69, 9.17) is 9.15 Å². The molecule has 3 aromatic rings. The van der Waals surface area contributed by atoms with E-state index in [0.29, 0.717) is 6.61 Å². The first kappa shape index (κ1) is 13.6. The average molecular weight is 282 g/mol. The summed E-state index contributed by atoms with van der Waals surface area (Å²) >= 11 is 0. The summed E-state index contributed by atoms with van der Waals surface area (Å²) in [7, 11) is 1.91. The number of hydrogen-bond acceptors (Lipinski definition) is 4. The zero-order chi connectivity index (χ0) is 14.7. The number of para-hydroxylation sites is 1. The molecule has 0 saturated carbocycles. The zero-order valence-electron chi connectivity index (χ0n) is 12.2. The van der Waals surface area contributed by atoms with Crippen molar-refractivity contribution in [2.45, 2.75) is 13.0 Å². The van der Waals surface area contributed by atoms with Crippen LogP contribution in [0, 0.1) is 0 Å². The Kier molecular flexibility index (Phi) is 3.88. The summed E-state index contributed by atoms with van der Waals surface area (Å²) in [6, 6.07) is 12.0. The van der Waals surface area contributed by atoms with E-state index in [1.165, 1.54) is 0 Å². The van der Waals surface area contributed by atoms with Crippen molar-refractivity contribution in [3.8, 4) is 5.75 Å². The van der Waals surface area contributed by atoms with Crippen molar-refractivity contribution in [3.63, 3.8) is 0 Å². The van der Waals surface area contributed by atoms with Crippen LogP contribution in [0.25, 0.3) is 11.0 Å². The number of pyridine rings is 1. The topological polar surface area (TPSA) is 47.3 Å². The minimum absolute atomic E-state index is 0.0506. The fourth-order valence-corrected chi connectivity index (χ4v) is 2.46. The minimum Gasteiger partial charge on any atom is -0.492 e. The molecule has 0 aliphatic carbocycles. The lowest BCUT2D eigenvalue weighted by molar-refractivity contribution is 0.338. The van der Waals surface area contributed by atoms with Crippen LogP contribution in [-0.2, 0) is 0 Å². The number of rotatable bonds is 5. The van der Waals surface area contributed by atoms with Gasteiger partial charge >= 0.3 is 0 Å². The summed E-state index contributed by atoms with van der Waals surface area (Å²) in [5.41, 5.74) is 1.91. The fourth-order valence-electron chi connectivity index (χ4n) is 2.46. The number of fused-ring (bicyclic) bond motifs is 1. The smallest absolute Gasteiger partial charge is 0.137 e. The molecule has 108 valence electrons. The van der Waals surface area contributed by atoms with Gasteiger partial charge in [-0.15, -0.1) is 0 Å². The Morgan fingerprint density at radius 3 is 2.86 bits per heavy atom. The van der Waals surface area contributed by atoms with Gasteiger partial charge in [-0.1, -0.05) is 18.2 Å². The third-order valence-electron chi connectivity index (χ3n) is 3.40. The highest BCUT2D eigenvalue weighted by Gasteiger charge is 2.17. The molecule has 0 spiro atoms. The fraction of sp³-hybridized carbons (Fsp3) is 0.235. The molecule has 0 bridgehead atoms. The summed E-state index contributed by atoms with van der Waals surface area (Å²) in [5.74, 6) is 1.64. The van der Waals surface area contributed by atoms with Gasteiger partial charge < -0.3 is 14.5 Å². The lowest BCUT2D eigenvalue weighted by atomic mass is 10.1. The van der Waals surface area contributed by atoms with Gasteiger partial charge in [0, 0.05) is 11.6 Å². The van der Waals surface area contributed by atoms with E-state index in [2.05, 4.69) is 16.4 Å². The maximum absolute atomic E-state index is 5.94. The summed E-state index contributed by atoms with van der Waals surface area (Å²) in [4.78, 5) is 4.24. The van der Waals surface area contributed by atoms with Gasteiger partial charge in [-0.05, 0) is 37.7 Å². The predicted molar refractivity (Wildman–Crippen MR) is 82.5 cm³/mol. The Morgan fingerprint density at radius 2 is 2.10 bits per heavy atom. The number of nitrogens with one attached hydrogen (secondary N) is 1. The van der Waals surface area contributed by atoms with Crippen LogP contribution < -0.4 is 10.1 Å². The first-order valence-corrected chi connectivity index (χ1v) is 7.05. The molecule has 2 aromatic heterocycles. The molecule has 3 rings (SSSR count). The van der Waals surface area contributed by atoms with Crippen molar-refractivity contribution >= 4 is 11.0 Å². The summed E-state index contributed by atoms with van der Waals surface area (Å²) in [5, 5.41) is 4.37. The Balaban J connectivity index is 1.99. The highest BCUT2D eigenvalue weighted by Crippen LogP contribution is 2.29. The summed E-state index contributed by atoms with van der Waals surface area (Å²) in [6.07, 6.45) is 3.55. The molecule has 1 atom stereocenters. The maximum atomic E-state index is 5.94. The van der Waals surface area contributed by atoms with Gasteiger partial charge in [-0.2, -0.15) is 0 Å². The largest absolute Gasteiger partial charge is 0.492 e. The normalized spacial score (nSPS) is 12.5.